The van der Waals surface area contributed by atoms with Gasteiger partial charge in [-0.3, -0.25) is 23.9 Å². The zero-order valence-corrected chi connectivity index (χ0v) is 31.9. The van der Waals surface area contributed by atoms with Gasteiger partial charge >= 0.3 is 0 Å². The van der Waals surface area contributed by atoms with E-state index in [0.717, 1.165) is 12.8 Å². The molecule has 4 aliphatic rings. The predicted molar refractivity (Wildman–Crippen MR) is 196 cm³/mol. The van der Waals surface area contributed by atoms with Crippen molar-refractivity contribution >= 4 is 44.7 Å². The molecule has 3 N–H and O–H groups in total. The fourth-order valence-corrected chi connectivity index (χ4v) is 8.61. The summed E-state index contributed by atoms with van der Waals surface area (Å²) in [5, 5.41) is 9.52. The molecule has 5 atom stereocenters. The van der Waals surface area contributed by atoms with E-state index < -0.39 is 73.9 Å². The highest BCUT2D eigenvalue weighted by Crippen LogP contribution is 2.47. The van der Waals surface area contributed by atoms with Gasteiger partial charge in [-0.2, -0.15) is 0 Å². The normalized spacial score (nSPS) is 27.2. The molecule has 0 spiro atoms. The van der Waals surface area contributed by atoms with E-state index in [1.807, 2.05) is 26.0 Å². The maximum absolute atomic E-state index is 14.6. The van der Waals surface area contributed by atoms with Crippen LogP contribution in [0.3, 0.4) is 0 Å². The van der Waals surface area contributed by atoms with Gasteiger partial charge in [-0.15, -0.1) is 0 Å². The van der Waals surface area contributed by atoms with Crippen LogP contribution >= 0.6 is 0 Å². The van der Waals surface area contributed by atoms with Gasteiger partial charge in [0.05, 0.1) is 22.3 Å². The molecule has 1 saturated heterocycles. The molecular formula is C38H46FN7O8S. The van der Waals surface area contributed by atoms with Crippen LogP contribution < -0.4 is 20.1 Å². The van der Waals surface area contributed by atoms with E-state index in [0.29, 0.717) is 55.5 Å². The van der Waals surface area contributed by atoms with E-state index in [9.17, 15) is 32.0 Å². The minimum atomic E-state index is -4.01. The molecule has 0 radical (unpaired) electrons. The van der Waals surface area contributed by atoms with Crippen LogP contribution in [0, 0.1) is 11.7 Å². The molecule has 2 aliphatic heterocycles. The maximum Gasteiger partial charge on any atom is 0.274 e. The molecule has 17 heteroatoms. The zero-order chi connectivity index (χ0) is 39.1. The van der Waals surface area contributed by atoms with Crippen molar-refractivity contribution in [2.24, 2.45) is 5.92 Å². The average Bonchev–Trinajstić information content (AvgIpc) is 3.93. The lowest BCUT2D eigenvalue weighted by Gasteiger charge is -2.30. The first-order valence-electron chi connectivity index (χ1n) is 19.0. The Kier molecular flexibility index (Phi) is 10.4. The molecule has 2 aromatic heterocycles. The van der Waals surface area contributed by atoms with E-state index >= 15 is 0 Å². The molecule has 294 valence electrons. The molecule has 4 amide bonds. The van der Waals surface area contributed by atoms with Gasteiger partial charge in [-0.25, -0.2) is 22.8 Å². The number of ether oxygens (including phenoxy) is 1. The van der Waals surface area contributed by atoms with Crippen LogP contribution in [-0.2, 0) is 37.2 Å². The lowest BCUT2D eigenvalue weighted by molar-refractivity contribution is -0.141. The third-order valence-electron chi connectivity index (χ3n) is 11.2. The van der Waals surface area contributed by atoms with Gasteiger partial charge in [0.15, 0.2) is 5.69 Å². The molecule has 0 bridgehead atoms. The first-order chi connectivity index (χ1) is 26.3. The number of benzene rings is 1. The van der Waals surface area contributed by atoms with Crippen molar-refractivity contribution in [2.75, 3.05) is 6.54 Å². The minimum Gasteiger partial charge on any atom is -0.471 e. The molecule has 1 aromatic carbocycles. The van der Waals surface area contributed by atoms with Crippen LogP contribution in [0.4, 0.5) is 4.39 Å². The number of allylic oxidation sites excluding steroid dienone is 1. The van der Waals surface area contributed by atoms with Gasteiger partial charge < -0.3 is 24.8 Å². The number of nitrogens with one attached hydrogen (secondary N) is 3. The number of hydrogen-bond donors (Lipinski definition) is 3. The number of fused-ring (bicyclic) bond motifs is 3. The number of aromatic nitrogens is 3. The molecule has 55 heavy (non-hydrogen) atoms. The van der Waals surface area contributed by atoms with E-state index in [-0.39, 0.29) is 42.9 Å². The molecule has 0 unspecified atom stereocenters. The summed E-state index contributed by atoms with van der Waals surface area (Å²) in [5.41, 5.74) is -0.293. The van der Waals surface area contributed by atoms with Crippen LogP contribution in [0.1, 0.15) is 101 Å². The topological polar surface area (TPSA) is 203 Å². The summed E-state index contributed by atoms with van der Waals surface area (Å²) in [6.07, 6.45) is 7.93. The fraction of sp³-hybridized carbons (Fsp3) is 0.553. The summed E-state index contributed by atoms with van der Waals surface area (Å²) in [6, 6.07) is 3.34. The second kappa shape index (κ2) is 15.0. The number of carbonyl (C=O) groups is 4. The number of nitrogens with zero attached hydrogens (tertiary/aromatic N) is 4. The summed E-state index contributed by atoms with van der Waals surface area (Å²) < 4.78 is 53.2. The van der Waals surface area contributed by atoms with Crippen molar-refractivity contribution < 1.29 is 41.2 Å². The highest BCUT2D eigenvalue weighted by molar-refractivity contribution is 7.91. The van der Waals surface area contributed by atoms with E-state index in [4.69, 9.17) is 9.26 Å². The number of rotatable bonds is 9. The highest BCUT2D eigenvalue weighted by atomic mass is 32.2. The van der Waals surface area contributed by atoms with Crippen molar-refractivity contribution in [3.05, 3.63) is 59.4 Å². The summed E-state index contributed by atoms with van der Waals surface area (Å²) in [6.45, 7) is 5.20. The Balaban J connectivity index is 1.20. The smallest absolute Gasteiger partial charge is 0.274 e. The predicted octanol–water partition coefficient (Wildman–Crippen LogP) is 3.42. The number of aryl methyl sites for hydroxylation is 2. The van der Waals surface area contributed by atoms with Gasteiger partial charge in [-0.05, 0) is 64.0 Å². The van der Waals surface area contributed by atoms with E-state index in [1.54, 1.807) is 6.92 Å². The van der Waals surface area contributed by atoms with E-state index in [2.05, 4.69) is 30.5 Å². The summed E-state index contributed by atoms with van der Waals surface area (Å²) in [4.78, 5) is 66.7. The second-order valence-corrected chi connectivity index (χ2v) is 17.4. The van der Waals surface area contributed by atoms with Crippen molar-refractivity contribution in [2.45, 2.75) is 120 Å². The molecule has 7 rings (SSSR count). The Morgan fingerprint density at radius 2 is 1.89 bits per heavy atom. The lowest BCUT2D eigenvalue weighted by atomic mass is 10.0. The minimum absolute atomic E-state index is 0.0174. The number of carbonyl (C=O) groups excluding carboxylic acids is 4. The van der Waals surface area contributed by atoms with E-state index in [1.165, 1.54) is 29.2 Å². The number of halogens is 1. The molecule has 2 aliphatic carbocycles. The Hall–Kier alpha value is -4.93. The summed E-state index contributed by atoms with van der Waals surface area (Å²) in [7, 11) is -4.01. The number of hydrogen-bond acceptors (Lipinski definition) is 11. The summed E-state index contributed by atoms with van der Waals surface area (Å²) in [5.74, 6) is -2.98. The van der Waals surface area contributed by atoms with Gasteiger partial charge in [0.1, 0.15) is 41.0 Å². The van der Waals surface area contributed by atoms with Gasteiger partial charge in [0, 0.05) is 30.9 Å². The Morgan fingerprint density at radius 1 is 1.09 bits per heavy atom. The zero-order valence-electron chi connectivity index (χ0n) is 31.1. The van der Waals surface area contributed by atoms with Crippen LogP contribution in [0.2, 0.25) is 0 Å². The van der Waals surface area contributed by atoms with Crippen LogP contribution in [-0.4, -0.2) is 87.1 Å². The fourth-order valence-electron chi connectivity index (χ4n) is 7.30. The molecule has 4 heterocycles. The number of sulfonamides is 1. The van der Waals surface area contributed by atoms with Crippen molar-refractivity contribution in [3.8, 4) is 5.88 Å². The third kappa shape index (κ3) is 7.80. The monoisotopic (exact) mass is 779 g/mol. The Morgan fingerprint density at radius 3 is 2.62 bits per heavy atom. The maximum atomic E-state index is 14.6. The average molecular weight is 780 g/mol. The molecule has 3 aromatic rings. The summed E-state index contributed by atoms with van der Waals surface area (Å²) >= 11 is 0. The standard InChI is InChI=1S/C38H46FN7O8S/c1-4-24-18-30(44-54-24)32(47)41-28-12-10-8-6-7-9-11-22-20-38(22,36(50)45-55(51,52)37(3)15-16-37)43-33(48)31-19-25(21-46(31)35(28)49)53-34-26(5-2)40-27-14-13-23(39)17-29(27)42-34/h9,11,13-14,17-18,22,25,28,31H,4-8,10,12,15-16,19-21H2,1-3H3,(H,41,47)(H,43,48)(H,45,50)/b11-9-/t22-,25-,28+,31+,38-/m1/s1. The van der Waals surface area contributed by atoms with Crippen molar-refractivity contribution in [1.29, 1.82) is 0 Å². The molecular weight excluding hydrogens is 734 g/mol. The van der Waals surface area contributed by atoms with Crippen LogP contribution in [0.5, 0.6) is 5.88 Å². The van der Waals surface area contributed by atoms with Crippen molar-refractivity contribution in [3.63, 3.8) is 0 Å². The van der Waals surface area contributed by atoms with Gasteiger partial charge in [0.2, 0.25) is 27.7 Å². The van der Waals surface area contributed by atoms with Crippen LogP contribution in [0.15, 0.2) is 40.9 Å². The van der Waals surface area contributed by atoms with Crippen molar-refractivity contribution in [1.82, 2.24) is 35.4 Å². The first-order valence-corrected chi connectivity index (χ1v) is 20.5. The molecule has 15 nitrogen and oxygen atoms in total. The molecule has 2 saturated carbocycles. The Bertz CT molecular complexity index is 2150. The van der Waals surface area contributed by atoms with Gasteiger partial charge in [-0.1, -0.05) is 44.0 Å². The quantitative estimate of drug-likeness (QED) is 0.269. The lowest BCUT2D eigenvalue weighted by Crippen LogP contribution is -2.58. The number of amides is 4. The highest BCUT2D eigenvalue weighted by Gasteiger charge is 2.63. The molecule has 3 fully saturated rings. The largest absolute Gasteiger partial charge is 0.471 e. The SMILES string of the molecule is CCc1cc(C(=O)N[C@H]2CCCCC/C=C\[C@@H]3C[C@@]3(C(=O)NS(=O)(=O)C3(C)CC3)NC(=O)[C@@H]3C[C@@H](Oc4nc5cc(F)ccc5nc4CC)CN3C2=O)no1. The van der Waals surface area contributed by atoms with Crippen LogP contribution in [0.25, 0.3) is 11.0 Å². The first kappa shape index (κ1) is 38.3. The second-order valence-electron chi connectivity index (χ2n) is 15.2. The van der Waals surface area contributed by atoms with Gasteiger partial charge in [0.25, 0.3) is 11.8 Å². The third-order valence-corrected chi connectivity index (χ3v) is 13.4. The Labute approximate surface area is 318 Å².